The van der Waals surface area contributed by atoms with Gasteiger partial charge in [0.15, 0.2) is 5.17 Å². The van der Waals surface area contributed by atoms with Crippen LogP contribution in [0, 0.1) is 13.8 Å². The van der Waals surface area contributed by atoms with Gasteiger partial charge in [-0.1, -0.05) is 82.3 Å². The second-order valence-corrected chi connectivity index (χ2v) is 12.3. The molecular weight excluding hydrogens is 642 g/mol. The highest BCUT2D eigenvalue weighted by Crippen LogP contribution is 2.39. The minimum atomic E-state index is -0.235. The van der Waals surface area contributed by atoms with Crippen molar-refractivity contribution in [3.63, 3.8) is 0 Å². The first-order chi connectivity index (χ1) is 19.6. The van der Waals surface area contributed by atoms with Crippen LogP contribution in [0.3, 0.4) is 0 Å². The zero-order valence-corrected chi connectivity index (χ0v) is 26.3. The van der Waals surface area contributed by atoms with Crippen molar-refractivity contribution < 1.29 is 9.53 Å². The first-order valence-corrected chi connectivity index (χ1v) is 15.0. The first-order valence-electron chi connectivity index (χ1n) is 12.3. The molecule has 0 aromatic heterocycles. The van der Waals surface area contributed by atoms with E-state index in [0.717, 1.165) is 22.3 Å². The van der Waals surface area contributed by atoms with Crippen molar-refractivity contribution in [2.45, 2.75) is 20.5 Å². The summed E-state index contributed by atoms with van der Waals surface area (Å²) in [6.45, 7) is 4.05. The average molecular weight is 663 g/mol. The van der Waals surface area contributed by atoms with E-state index in [1.54, 1.807) is 53.4 Å². The van der Waals surface area contributed by atoms with E-state index in [1.165, 1.54) is 11.8 Å². The van der Waals surface area contributed by atoms with E-state index in [2.05, 4.69) is 0 Å². The normalized spacial score (nSPS) is 15.3. The monoisotopic (exact) mass is 660 g/mol. The second-order valence-electron chi connectivity index (χ2n) is 9.23. The number of carbonyl (C=O) groups is 1. The van der Waals surface area contributed by atoms with E-state index >= 15 is 0 Å². The van der Waals surface area contributed by atoms with Gasteiger partial charge in [0.1, 0.15) is 12.4 Å². The van der Waals surface area contributed by atoms with Crippen molar-refractivity contribution in [3.8, 4) is 5.75 Å². The van der Waals surface area contributed by atoms with E-state index in [0.29, 0.717) is 52.3 Å². The molecule has 0 saturated carbocycles. The Kier molecular flexibility index (Phi) is 9.24. The number of carbonyl (C=O) groups excluding carboxylic acids is 1. The highest BCUT2D eigenvalue weighted by molar-refractivity contribution is 8.19. The predicted octanol–water partition coefficient (Wildman–Crippen LogP) is 11.0. The van der Waals surface area contributed by atoms with Gasteiger partial charge in [0.25, 0.3) is 5.91 Å². The van der Waals surface area contributed by atoms with Crippen LogP contribution in [-0.4, -0.2) is 11.1 Å². The number of aryl methyl sites for hydroxylation is 2. The van der Waals surface area contributed by atoms with Gasteiger partial charge >= 0.3 is 0 Å². The lowest BCUT2D eigenvalue weighted by Gasteiger charge is -2.16. The van der Waals surface area contributed by atoms with Crippen LogP contribution in [0.1, 0.15) is 22.3 Å². The molecule has 0 atom stereocenters. The van der Waals surface area contributed by atoms with Crippen LogP contribution in [0.4, 0.5) is 11.4 Å². The Hall–Kier alpha value is -2.64. The minimum absolute atomic E-state index is 0.224. The van der Waals surface area contributed by atoms with Gasteiger partial charge in [-0.3, -0.25) is 9.69 Å². The largest absolute Gasteiger partial charge is 0.487 e. The van der Waals surface area contributed by atoms with Crippen LogP contribution >= 0.6 is 69.8 Å². The molecule has 41 heavy (non-hydrogen) atoms. The van der Waals surface area contributed by atoms with Gasteiger partial charge in [0.05, 0.1) is 21.3 Å². The number of rotatable bonds is 6. The Morgan fingerprint density at radius 2 is 1.54 bits per heavy atom. The molecule has 1 saturated heterocycles. The topological polar surface area (TPSA) is 41.9 Å². The number of nitrogens with zero attached hydrogens (tertiary/aromatic N) is 2. The van der Waals surface area contributed by atoms with Gasteiger partial charge in [-0.2, -0.15) is 0 Å². The van der Waals surface area contributed by atoms with E-state index in [-0.39, 0.29) is 12.5 Å². The van der Waals surface area contributed by atoms with Crippen LogP contribution in [0.15, 0.2) is 82.7 Å². The fourth-order valence-corrected chi connectivity index (χ4v) is 5.99. The number of anilines is 1. The summed E-state index contributed by atoms with van der Waals surface area (Å²) in [7, 11) is 0. The summed E-state index contributed by atoms with van der Waals surface area (Å²) in [5, 5.41) is 3.08. The molecule has 4 aromatic rings. The molecule has 1 aliphatic rings. The SMILES string of the molecule is Cc1ccc(N=C2S/C(=C/c3ccc(OCc4ccc(Cl)cc4Cl)c(Cl)c3)C(=O)N2c2ccc(C)c(Cl)c2)cc1Cl. The molecule has 10 heteroatoms. The van der Waals surface area contributed by atoms with Gasteiger partial charge in [-0.05, 0) is 96.9 Å². The molecule has 0 bridgehead atoms. The number of ether oxygens (including phenoxy) is 1. The maximum absolute atomic E-state index is 13.7. The van der Waals surface area contributed by atoms with Crippen LogP contribution in [0.25, 0.3) is 6.08 Å². The van der Waals surface area contributed by atoms with E-state index in [9.17, 15) is 4.79 Å². The Labute approximate surface area is 267 Å². The summed E-state index contributed by atoms with van der Waals surface area (Å²) in [6.07, 6.45) is 1.77. The number of halogens is 5. The third-order valence-electron chi connectivity index (χ3n) is 6.25. The lowest BCUT2D eigenvalue weighted by molar-refractivity contribution is -0.113. The molecule has 0 unspecified atom stereocenters. The highest BCUT2D eigenvalue weighted by Gasteiger charge is 2.35. The molecule has 0 N–H and O–H groups in total. The maximum Gasteiger partial charge on any atom is 0.271 e. The molecule has 1 heterocycles. The van der Waals surface area contributed by atoms with Gasteiger partial charge in [0, 0.05) is 25.7 Å². The average Bonchev–Trinajstić information content (AvgIpc) is 3.22. The molecule has 1 fully saturated rings. The van der Waals surface area contributed by atoms with Crippen molar-refractivity contribution in [2.24, 2.45) is 4.99 Å². The summed E-state index contributed by atoms with van der Waals surface area (Å²) >= 11 is 32.8. The zero-order valence-electron chi connectivity index (χ0n) is 21.7. The number of hydrogen-bond donors (Lipinski definition) is 0. The lowest BCUT2D eigenvalue weighted by Crippen LogP contribution is -2.28. The molecule has 208 valence electrons. The molecule has 1 amide bonds. The number of amidine groups is 1. The fraction of sp³-hybridized carbons (Fsp3) is 0.0968. The van der Waals surface area contributed by atoms with Crippen molar-refractivity contribution in [1.29, 1.82) is 0 Å². The van der Waals surface area contributed by atoms with Crippen molar-refractivity contribution >= 4 is 98.3 Å². The van der Waals surface area contributed by atoms with Crippen LogP contribution in [-0.2, 0) is 11.4 Å². The number of benzene rings is 4. The van der Waals surface area contributed by atoms with Crippen LogP contribution in [0.5, 0.6) is 5.75 Å². The molecular formula is C31H21Cl5N2O2S. The Balaban J connectivity index is 1.44. The van der Waals surface area contributed by atoms with Crippen molar-refractivity contribution in [2.75, 3.05) is 4.90 Å². The number of aliphatic imine (C=N–C) groups is 1. The third kappa shape index (κ3) is 6.89. The molecule has 4 aromatic carbocycles. The minimum Gasteiger partial charge on any atom is -0.487 e. The van der Waals surface area contributed by atoms with E-state index in [4.69, 9.17) is 67.7 Å². The summed E-state index contributed by atoms with van der Waals surface area (Å²) in [4.78, 5) is 20.5. The quantitative estimate of drug-likeness (QED) is 0.193. The molecule has 1 aliphatic heterocycles. The Morgan fingerprint density at radius 3 is 2.22 bits per heavy atom. The van der Waals surface area contributed by atoms with Crippen molar-refractivity contribution in [3.05, 3.63) is 125 Å². The van der Waals surface area contributed by atoms with Crippen LogP contribution in [0.2, 0.25) is 25.1 Å². The molecule has 0 aliphatic carbocycles. The van der Waals surface area contributed by atoms with Gasteiger partial charge in [0.2, 0.25) is 0 Å². The van der Waals surface area contributed by atoms with E-state index in [1.807, 2.05) is 44.2 Å². The van der Waals surface area contributed by atoms with Gasteiger partial charge < -0.3 is 4.74 Å². The lowest BCUT2D eigenvalue weighted by atomic mass is 10.2. The second kappa shape index (κ2) is 12.7. The number of amides is 1. The smallest absolute Gasteiger partial charge is 0.271 e. The number of hydrogen-bond acceptors (Lipinski definition) is 4. The van der Waals surface area contributed by atoms with E-state index < -0.39 is 0 Å². The Bertz CT molecular complexity index is 1740. The summed E-state index contributed by atoms with van der Waals surface area (Å²) in [5.41, 5.74) is 4.60. The standard InChI is InChI=1S/C31H21Cl5N2O2S/c1-17-3-8-22(14-24(17)33)37-31-38(23-9-4-18(2)25(34)15-23)30(39)29(41-31)12-19-5-10-28(27(36)11-19)40-16-20-6-7-21(32)13-26(20)35/h3-15H,16H2,1-2H3/b29-12+,37-31?. The van der Waals surface area contributed by atoms with Gasteiger partial charge in [-0.15, -0.1) is 0 Å². The summed E-state index contributed by atoms with van der Waals surface area (Å²) in [6, 6.07) is 21.5. The summed E-state index contributed by atoms with van der Waals surface area (Å²) in [5.74, 6) is 0.250. The number of thioether (sulfide) groups is 1. The fourth-order valence-electron chi connectivity index (χ4n) is 3.93. The summed E-state index contributed by atoms with van der Waals surface area (Å²) < 4.78 is 5.88. The van der Waals surface area contributed by atoms with Crippen molar-refractivity contribution in [1.82, 2.24) is 0 Å². The Morgan fingerprint density at radius 1 is 0.805 bits per heavy atom. The molecule has 4 nitrogen and oxygen atoms in total. The molecule has 0 spiro atoms. The first kappa shape index (κ1) is 29.8. The molecule has 0 radical (unpaired) electrons. The van der Waals surface area contributed by atoms with Gasteiger partial charge in [-0.25, -0.2) is 4.99 Å². The highest BCUT2D eigenvalue weighted by atomic mass is 35.5. The van der Waals surface area contributed by atoms with Crippen LogP contribution < -0.4 is 9.64 Å². The zero-order chi connectivity index (χ0) is 29.3. The predicted molar refractivity (Wildman–Crippen MR) is 175 cm³/mol. The molecule has 5 rings (SSSR count). The maximum atomic E-state index is 13.7. The third-order valence-corrected chi connectivity index (χ3v) is 8.92.